The van der Waals surface area contributed by atoms with Crippen molar-refractivity contribution in [3.05, 3.63) is 125 Å². The fraction of sp³-hybridized carbons (Fsp3) is 0.306. The number of carbonyl (C=O) groups excluding carboxylic acids is 3. The van der Waals surface area contributed by atoms with Gasteiger partial charge in [0.05, 0.1) is 25.0 Å². The van der Waals surface area contributed by atoms with Gasteiger partial charge in [-0.25, -0.2) is 4.79 Å². The van der Waals surface area contributed by atoms with E-state index < -0.39 is 36.0 Å². The third kappa shape index (κ3) is 8.13. The molecule has 4 N–H and O–H groups in total. The van der Waals surface area contributed by atoms with Crippen molar-refractivity contribution in [3.8, 4) is 0 Å². The second kappa shape index (κ2) is 16.1. The maximum absolute atomic E-state index is 13.7. The van der Waals surface area contributed by atoms with Crippen LogP contribution < -0.4 is 10.6 Å². The second-order valence-electron chi connectivity index (χ2n) is 10.9. The van der Waals surface area contributed by atoms with E-state index in [2.05, 4.69) is 10.6 Å². The van der Waals surface area contributed by atoms with Gasteiger partial charge in [-0.3, -0.25) is 9.59 Å². The zero-order valence-electron chi connectivity index (χ0n) is 25.7. The number of rotatable bonds is 14. The molecule has 3 aromatic carbocycles. The minimum Gasteiger partial charge on any atom is -0.499 e. The molecule has 1 saturated heterocycles. The third-order valence-electron chi connectivity index (χ3n) is 7.74. The molecule has 2 aliphatic rings. The standard InChI is InChI=1S/C36H38N2O9/c39-19-18-37-32(41)15-17-38-34(42)26-23-30(45-35(43)29-14-8-7-9-25(29)16-21-44-22-20-40)33-31(24-26)46-36(47-33,27-10-3-1-4-11-27)28-12-5-2-6-13-28/h1-14,16,21,24,30-31,33,39-40H,15,17-20,22-23H2,(H,37,41)(H,38,42). The molecule has 2 amide bonds. The average molecular weight is 643 g/mol. The molecular formula is C36H38N2O9. The van der Waals surface area contributed by atoms with Gasteiger partial charge < -0.3 is 39.8 Å². The number of hydrogen-bond acceptors (Lipinski definition) is 9. The highest BCUT2D eigenvalue weighted by Gasteiger charge is 2.55. The molecule has 11 nitrogen and oxygen atoms in total. The van der Waals surface area contributed by atoms with E-state index in [1.807, 2.05) is 60.7 Å². The molecule has 3 aromatic rings. The minimum absolute atomic E-state index is 0.0283. The Bertz CT molecular complexity index is 1540. The number of ether oxygens (including phenoxy) is 4. The molecule has 1 heterocycles. The van der Waals surface area contributed by atoms with Gasteiger partial charge in [-0.1, -0.05) is 78.9 Å². The van der Waals surface area contributed by atoms with Crippen molar-refractivity contribution in [1.82, 2.24) is 10.6 Å². The number of carbonyl (C=O) groups is 3. The Kier molecular flexibility index (Phi) is 11.5. The van der Waals surface area contributed by atoms with E-state index >= 15 is 0 Å². The normalized spacial score (nSPS) is 19.8. The zero-order chi connectivity index (χ0) is 33.1. The van der Waals surface area contributed by atoms with E-state index in [1.165, 1.54) is 6.26 Å². The number of aliphatic hydroxyl groups is 2. The Balaban J connectivity index is 1.44. The summed E-state index contributed by atoms with van der Waals surface area (Å²) in [5, 5.41) is 23.2. The van der Waals surface area contributed by atoms with E-state index in [0.29, 0.717) is 11.1 Å². The number of aliphatic hydroxyl groups excluding tert-OH is 2. The number of benzene rings is 3. The van der Waals surface area contributed by atoms with E-state index in [4.69, 9.17) is 29.2 Å². The Hall–Kier alpha value is -4.81. The van der Waals surface area contributed by atoms with Gasteiger partial charge in [-0.05, 0) is 23.8 Å². The molecule has 1 aliphatic heterocycles. The number of esters is 1. The first kappa shape index (κ1) is 33.6. The van der Waals surface area contributed by atoms with Crippen LogP contribution in [0.25, 0.3) is 6.08 Å². The van der Waals surface area contributed by atoms with Crippen LogP contribution >= 0.6 is 0 Å². The maximum Gasteiger partial charge on any atom is 0.339 e. The first-order valence-corrected chi connectivity index (χ1v) is 15.5. The van der Waals surface area contributed by atoms with E-state index in [9.17, 15) is 14.4 Å². The average Bonchev–Trinajstić information content (AvgIpc) is 3.51. The van der Waals surface area contributed by atoms with Crippen molar-refractivity contribution in [1.29, 1.82) is 0 Å². The zero-order valence-corrected chi connectivity index (χ0v) is 25.7. The largest absolute Gasteiger partial charge is 0.499 e. The molecule has 11 heteroatoms. The van der Waals surface area contributed by atoms with E-state index in [0.717, 1.165) is 11.1 Å². The van der Waals surface area contributed by atoms with Gasteiger partial charge in [0.2, 0.25) is 17.6 Å². The quantitative estimate of drug-likeness (QED) is 0.118. The van der Waals surface area contributed by atoms with E-state index in [-0.39, 0.29) is 57.2 Å². The van der Waals surface area contributed by atoms with Crippen molar-refractivity contribution in [2.75, 3.05) is 32.9 Å². The highest BCUT2D eigenvalue weighted by atomic mass is 16.8. The molecular weight excluding hydrogens is 604 g/mol. The first-order valence-electron chi connectivity index (χ1n) is 15.5. The SMILES string of the molecule is O=C(CCNC(=O)C1=CC2OC(c3ccccc3)(c3ccccc3)OC2C(OC(=O)c2ccccc2C=COCCO)C1)NCCO. The Morgan fingerprint density at radius 3 is 2.21 bits per heavy atom. The minimum atomic E-state index is -1.35. The van der Waals surface area contributed by atoms with Crippen molar-refractivity contribution < 1.29 is 43.5 Å². The molecule has 47 heavy (non-hydrogen) atoms. The van der Waals surface area contributed by atoms with Gasteiger partial charge in [0.25, 0.3) is 0 Å². The third-order valence-corrected chi connectivity index (χ3v) is 7.74. The highest BCUT2D eigenvalue weighted by Crippen LogP contribution is 2.47. The van der Waals surface area contributed by atoms with Crippen molar-refractivity contribution >= 4 is 23.9 Å². The molecule has 5 rings (SSSR count). The number of fused-ring (bicyclic) bond motifs is 1. The van der Waals surface area contributed by atoms with Crippen LogP contribution in [-0.2, 0) is 34.3 Å². The van der Waals surface area contributed by atoms with Gasteiger partial charge >= 0.3 is 5.97 Å². The molecule has 0 spiro atoms. The smallest absolute Gasteiger partial charge is 0.339 e. The summed E-state index contributed by atoms with van der Waals surface area (Å²) in [6.07, 6.45) is 2.32. The molecule has 1 aliphatic carbocycles. The first-order chi connectivity index (χ1) is 22.9. The Labute approximate surface area is 272 Å². The molecule has 3 unspecified atom stereocenters. The Morgan fingerprint density at radius 2 is 1.53 bits per heavy atom. The van der Waals surface area contributed by atoms with E-state index in [1.54, 1.807) is 36.4 Å². The van der Waals surface area contributed by atoms with Gasteiger partial charge in [-0.15, -0.1) is 0 Å². The number of hydrogen-bond donors (Lipinski definition) is 4. The van der Waals surface area contributed by atoms with Crippen LogP contribution in [0.5, 0.6) is 0 Å². The van der Waals surface area contributed by atoms with Crippen LogP contribution in [0.15, 0.2) is 103 Å². The summed E-state index contributed by atoms with van der Waals surface area (Å²) < 4.78 is 24.8. The van der Waals surface area contributed by atoms with Gasteiger partial charge in [0.15, 0.2) is 0 Å². The molecule has 246 valence electrons. The summed E-state index contributed by atoms with van der Waals surface area (Å²) in [6, 6.07) is 25.7. The summed E-state index contributed by atoms with van der Waals surface area (Å²) >= 11 is 0. The lowest BCUT2D eigenvalue weighted by Crippen LogP contribution is -2.44. The van der Waals surface area contributed by atoms with Crippen LogP contribution in [-0.4, -0.2) is 79.2 Å². The van der Waals surface area contributed by atoms with Crippen LogP contribution in [0.4, 0.5) is 0 Å². The molecule has 0 aromatic heterocycles. The highest BCUT2D eigenvalue weighted by molar-refractivity contribution is 5.95. The van der Waals surface area contributed by atoms with Crippen molar-refractivity contribution in [3.63, 3.8) is 0 Å². The monoisotopic (exact) mass is 642 g/mol. The summed E-state index contributed by atoms with van der Waals surface area (Å²) in [5.74, 6) is -2.70. The fourth-order valence-electron chi connectivity index (χ4n) is 5.55. The van der Waals surface area contributed by atoms with Crippen LogP contribution in [0.3, 0.4) is 0 Å². The maximum atomic E-state index is 13.7. The lowest BCUT2D eigenvalue weighted by atomic mass is 9.91. The van der Waals surface area contributed by atoms with Gasteiger partial charge in [0.1, 0.15) is 24.9 Å². The van der Waals surface area contributed by atoms with Gasteiger partial charge in [0, 0.05) is 42.6 Å². The van der Waals surface area contributed by atoms with Crippen molar-refractivity contribution in [2.45, 2.75) is 36.9 Å². The summed E-state index contributed by atoms with van der Waals surface area (Å²) in [4.78, 5) is 39.1. The topological polar surface area (TPSA) is 153 Å². The number of nitrogens with one attached hydrogen (secondary N) is 2. The lowest BCUT2D eigenvalue weighted by molar-refractivity contribution is -0.157. The number of amides is 2. The fourth-order valence-corrected chi connectivity index (χ4v) is 5.55. The Morgan fingerprint density at radius 1 is 0.851 bits per heavy atom. The van der Waals surface area contributed by atoms with Gasteiger partial charge in [-0.2, -0.15) is 0 Å². The summed E-state index contributed by atoms with van der Waals surface area (Å²) in [7, 11) is 0. The predicted molar refractivity (Wildman–Crippen MR) is 172 cm³/mol. The van der Waals surface area contributed by atoms with Crippen LogP contribution in [0.2, 0.25) is 0 Å². The summed E-state index contributed by atoms with van der Waals surface area (Å²) in [6.45, 7) is -0.0137. The molecule has 0 bridgehead atoms. The molecule has 0 saturated carbocycles. The van der Waals surface area contributed by atoms with Crippen LogP contribution in [0, 0.1) is 0 Å². The lowest BCUT2D eigenvalue weighted by Gasteiger charge is -2.31. The van der Waals surface area contributed by atoms with Crippen LogP contribution in [0.1, 0.15) is 39.9 Å². The molecule has 0 radical (unpaired) electrons. The second-order valence-corrected chi connectivity index (χ2v) is 10.9. The van der Waals surface area contributed by atoms with Crippen molar-refractivity contribution in [2.24, 2.45) is 0 Å². The summed E-state index contributed by atoms with van der Waals surface area (Å²) in [5.41, 5.74) is 2.61. The molecule has 3 atom stereocenters. The molecule has 1 fully saturated rings. The predicted octanol–water partition coefficient (Wildman–Crippen LogP) is 2.82.